The van der Waals surface area contributed by atoms with Gasteiger partial charge >= 0.3 is 5.97 Å². The number of carbonyl (C=O) groups is 2. The molecule has 0 spiro atoms. The molecule has 2 N–H and O–H groups in total. The Morgan fingerprint density at radius 1 is 1.50 bits per heavy atom. The Morgan fingerprint density at radius 3 is 3.00 bits per heavy atom. The van der Waals surface area contributed by atoms with E-state index in [4.69, 9.17) is 5.11 Å². The van der Waals surface area contributed by atoms with E-state index < -0.39 is 5.97 Å². The zero-order chi connectivity index (χ0) is 10.1. The van der Waals surface area contributed by atoms with Crippen molar-refractivity contribution in [2.24, 2.45) is 0 Å². The molecule has 0 saturated carbocycles. The molecule has 5 nitrogen and oxygen atoms in total. The number of hydrogen-bond acceptors (Lipinski definition) is 3. The summed E-state index contributed by atoms with van der Waals surface area (Å²) < 4.78 is 0. The average molecular weight is 192 g/mol. The predicted octanol–water partition coefficient (Wildman–Crippen LogP) is 0.664. The first kappa shape index (κ1) is 8.68. The Labute approximate surface area is 79.8 Å². The number of aromatic nitrogens is 1. The van der Waals surface area contributed by atoms with Gasteiger partial charge in [-0.3, -0.25) is 4.79 Å². The summed E-state index contributed by atoms with van der Waals surface area (Å²) in [5, 5.41) is 11.3. The Kier molecular flexibility index (Phi) is 1.92. The second-order valence-corrected chi connectivity index (χ2v) is 3.09. The molecule has 0 bridgehead atoms. The number of carbonyl (C=O) groups excluding carboxylic acids is 1. The quantitative estimate of drug-likeness (QED) is 0.685. The zero-order valence-electron chi connectivity index (χ0n) is 7.28. The lowest BCUT2D eigenvalue weighted by atomic mass is 10.1. The number of carboxylic acids is 1. The third kappa shape index (κ3) is 1.44. The Bertz CT molecular complexity index is 415. The van der Waals surface area contributed by atoms with Crippen LogP contribution in [-0.2, 0) is 11.2 Å². The summed E-state index contributed by atoms with van der Waals surface area (Å²) in [4.78, 5) is 25.5. The summed E-state index contributed by atoms with van der Waals surface area (Å²) in [7, 11) is 0. The fourth-order valence-corrected chi connectivity index (χ4v) is 1.37. The molecule has 2 heterocycles. The topological polar surface area (TPSA) is 79.3 Å². The number of fused-ring (bicyclic) bond motifs is 1. The van der Waals surface area contributed by atoms with Crippen LogP contribution in [0.2, 0.25) is 0 Å². The van der Waals surface area contributed by atoms with Gasteiger partial charge in [0, 0.05) is 12.6 Å². The maximum atomic E-state index is 11.0. The van der Waals surface area contributed by atoms with Gasteiger partial charge in [-0.25, -0.2) is 9.78 Å². The number of anilines is 1. The van der Waals surface area contributed by atoms with Crippen LogP contribution in [0.5, 0.6) is 0 Å². The molecule has 2 rings (SSSR count). The SMILES string of the molecule is O=C1CCc2cc(C(=O)O)cnc2N1. The van der Waals surface area contributed by atoms with E-state index in [-0.39, 0.29) is 11.5 Å². The van der Waals surface area contributed by atoms with E-state index in [1.165, 1.54) is 6.20 Å². The first-order chi connectivity index (χ1) is 6.66. The summed E-state index contributed by atoms with van der Waals surface area (Å²) in [5.41, 5.74) is 0.935. The molecule has 0 radical (unpaired) electrons. The van der Waals surface area contributed by atoms with E-state index in [9.17, 15) is 9.59 Å². The highest BCUT2D eigenvalue weighted by molar-refractivity contribution is 5.94. The minimum Gasteiger partial charge on any atom is -0.478 e. The molecule has 5 heteroatoms. The van der Waals surface area contributed by atoms with Crippen molar-refractivity contribution < 1.29 is 14.7 Å². The summed E-state index contributed by atoms with van der Waals surface area (Å²) in [6.07, 6.45) is 2.18. The van der Waals surface area contributed by atoms with Gasteiger partial charge in [0.25, 0.3) is 0 Å². The molecule has 1 aromatic rings. The van der Waals surface area contributed by atoms with Gasteiger partial charge in [0.15, 0.2) is 0 Å². The second-order valence-electron chi connectivity index (χ2n) is 3.09. The zero-order valence-corrected chi connectivity index (χ0v) is 7.28. The standard InChI is InChI=1S/C9H8N2O3/c12-7-2-1-5-3-6(9(13)14)4-10-8(5)11-7/h3-4H,1-2H2,(H,13,14)(H,10,11,12). The highest BCUT2D eigenvalue weighted by Crippen LogP contribution is 2.20. The van der Waals surface area contributed by atoms with E-state index in [1.54, 1.807) is 6.07 Å². The van der Waals surface area contributed by atoms with Gasteiger partial charge in [0.1, 0.15) is 5.82 Å². The fourth-order valence-electron chi connectivity index (χ4n) is 1.37. The van der Waals surface area contributed by atoms with Gasteiger partial charge in [0.05, 0.1) is 5.56 Å². The Hall–Kier alpha value is -1.91. The number of nitrogens with one attached hydrogen (secondary N) is 1. The lowest BCUT2D eigenvalue weighted by Gasteiger charge is -2.15. The molecule has 14 heavy (non-hydrogen) atoms. The van der Waals surface area contributed by atoms with Gasteiger partial charge < -0.3 is 10.4 Å². The molecule has 0 fully saturated rings. The summed E-state index contributed by atoms with van der Waals surface area (Å²) in [5.74, 6) is -0.600. The molecular formula is C9H8N2O3. The first-order valence-electron chi connectivity index (χ1n) is 4.19. The molecule has 1 aliphatic heterocycles. The minimum absolute atomic E-state index is 0.0759. The number of pyridine rings is 1. The van der Waals surface area contributed by atoms with Crippen LogP contribution >= 0.6 is 0 Å². The van der Waals surface area contributed by atoms with Crippen LogP contribution in [0.25, 0.3) is 0 Å². The van der Waals surface area contributed by atoms with Gasteiger partial charge in [-0.05, 0) is 18.1 Å². The lowest BCUT2D eigenvalue weighted by molar-refractivity contribution is -0.116. The van der Waals surface area contributed by atoms with E-state index >= 15 is 0 Å². The summed E-state index contributed by atoms with van der Waals surface area (Å²) in [6.45, 7) is 0. The molecule has 0 saturated heterocycles. The van der Waals surface area contributed by atoms with Gasteiger partial charge in [0.2, 0.25) is 5.91 Å². The van der Waals surface area contributed by atoms with Crippen molar-refractivity contribution in [2.45, 2.75) is 12.8 Å². The lowest BCUT2D eigenvalue weighted by Crippen LogP contribution is -2.20. The molecule has 0 aliphatic carbocycles. The Morgan fingerprint density at radius 2 is 2.29 bits per heavy atom. The smallest absolute Gasteiger partial charge is 0.337 e. The van der Waals surface area contributed by atoms with Crippen LogP contribution in [0.4, 0.5) is 5.82 Å². The molecule has 1 aliphatic rings. The summed E-state index contributed by atoms with van der Waals surface area (Å²) in [6, 6.07) is 1.55. The molecule has 1 amide bonds. The molecular weight excluding hydrogens is 184 g/mol. The van der Waals surface area contributed by atoms with Gasteiger partial charge in [-0.1, -0.05) is 0 Å². The van der Waals surface area contributed by atoms with Gasteiger partial charge in [-0.15, -0.1) is 0 Å². The monoisotopic (exact) mass is 192 g/mol. The number of rotatable bonds is 1. The fraction of sp³-hybridized carbons (Fsp3) is 0.222. The number of aromatic carboxylic acids is 1. The van der Waals surface area contributed by atoms with E-state index in [0.717, 1.165) is 5.56 Å². The van der Waals surface area contributed by atoms with Gasteiger partial charge in [-0.2, -0.15) is 0 Å². The second kappa shape index (κ2) is 3.10. The normalized spacial score (nSPS) is 14.4. The van der Waals surface area contributed by atoms with Crippen LogP contribution < -0.4 is 5.32 Å². The number of hydrogen-bond donors (Lipinski definition) is 2. The van der Waals surface area contributed by atoms with Crippen molar-refractivity contribution >= 4 is 17.7 Å². The van der Waals surface area contributed by atoms with Crippen molar-refractivity contribution in [1.29, 1.82) is 0 Å². The molecule has 1 aromatic heterocycles. The number of aryl methyl sites for hydroxylation is 1. The maximum Gasteiger partial charge on any atom is 0.337 e. The first-order valence-corrected chi connectivity index (χ1v) is 4.19. The Balaban J connectivity index is 2.41. The highest BCUT2D eigenvalue weighted by Gasteiger charge is 2.17. The molecule has 0 unspecified atom stereocenters. The van der Waals surface area contributed by atoms with Crippen LogP contribution in [0.3, 0.4) is 0 Å². The predicted molar refractivity (Wildman–Crippen MR) is 48.1 cm³/mol. The van der Waals surface area contributed by atoms with Crippen LogP contribution in [0.1, 0.15) is 22.3 Å². The molecule has 72 valence electrons. The number of carboxylic acid groups (broad SMARTS) is 1. The average Bonchev–Trinajstić information content (AvgIpc) is 2.16. The van der Waals surface area contributed by atoms with E-state index in [1.807, 2.05) is 0 Å². The highest BCUT2D eigenvalue weighted by atomic mass is 16.4. The van der Waals surface area contributed by atoms with E-state index in [0.29, 0.717) is 18.7 Å². The van der Waals surface area contributed by atoms with Crippen molar-refractivity contribution in [2.75, 3.05) is 5.32 Å². The minimum atomic E-state index is -1.00. The molecule has 0 aromatic carbocycles. The van der Waals surface area contributed by atoms with Crippen molar-refractivity contribution in [3.05, 3.63) is 23.4 Å². The van der Waals surface area contributed by atoms with Crippen LogP contribution in [0.15, 0.2) is 12.3 Å². The van der Waals surface area contributed by atoms with Crippen molar-refractivity contribution in [3.8, 4) is 0 Å². The number of nitrogens with zero attached hydrogens (tertiary/aromatic N) is 1. The van der Waals surface area contributed by atoms with Crippen molar-refractivity contribution in [1.82, 2.24) is 4.98 Å². The third-order valence-electron chi connectivity index (χ3n) is 2.09. The van der Waals surface area contributed by atoms with Crippen LogP contribution in [-0.4, -0.2) is 22.0 Å². The van der Waals surface area contributed by atoms with Crippen molar-refractivity contribution in [3.63, 3.8) is 0 Å². The number of amides is 1. The molecule has 0 atom stereocenters. The summed E-state index contributed by atoms with van der Waals surface area (Å²) >= 11 is 0. The van der Waals surface area contributed by atoms with Crippen LogP contribution in [0, 0.1) is 0 Å². The van der Waals surface area contributed by atoms with E-state index in [2.05, 4.69) is 10.3 Å². The third-order valence-corrected chi connectivity index (χ3v) is 2.09. The largest absolute Gasteiger partial charge is 0.478 e. The maximum absolute atomic E-state index is 11.0.